The number of aliphatic hydroxyl groups excluding tert-OH is 2. The molecule has 54 heavy (non-hydrogen) atoms. The van der Waals surface area contributed by atoms with Gasteiger partial charge in [-0.2, -0.15) is 0 Å². The molecule has 0 aliphatic carbocycles. The van der Waals surface area contributed by atoms with Crippen LogP contribution in [0, 0.1) is 5.92 Å². The van der Waals surface area contributed by atoms with Crippen LogP contribution in [-0.2, 0) is 37.5 Å². The molecule has 0 aromatic carbocycles. The number of hydrogen-bond acceptors (Lipinski definition) is 10. The van der Waals surface area contributed by atoms with Gasteiger partial charge in [0.2, 0.25) is 0 Å². The number of phosphoric acid groups is 1. The lowest BCUT2D eigenvalue weighted by Gasteiger charge is -2.20. The van der Waals surface area contributed by atoms with Crippen LogP contribution in [-0.4, -0.2) is 71.5 Å². The molecule has 11 nitrogen and oxygen atoms in total. The molecule has 0 aromatic heterocycles. The van der Waals surface area contributed by atoms with Crippen LogP contribution >= 0.6 is 7.82 Å². The number of ketones is 1. The Labute approximate surface area is 327 Å². The Bertz CT molecular complexity index is 1030. The highest BCUT2D eigenvalue weighted by Gasteiger charge is 2.27. The van der Waals surface area contributed by atoms with Crippen molar-refractivity contribution in [2.75, 3.05) is 26.4 Å². The maximum atomic E-state index is 12.6. The first-order chi connectivity index (χ1) is 26.0. The summed E-state index contributed by atoms with van der Waals surface area (Å²) in [6.45, 7) is 4.51. The van der Waals surface area contributed by atoms with Crippen LogP contribution in [0.3, 0.4) is 0 Å². The van der Waals surface area contributed by atoms with Crippen LogP contribution in [0.1, 0.15) is 181 Å². The third-order valence-corrected chi connectivity index (χ3v) is 9.96. The minimum absolute atomic E-state index is 0.0996. The predicted octanol–water partition coefficient (Wildman–Crippen LogP) is 10.0. The van der Waals surface area contributed by atoms with Crippen molar-refractivity contribution in [1.29, 1.82) is 0 Å². The van der Waals surface area contributed by atoms with Gasteiger partial charge < -0.3 is 24.6 Å². The molecule has 0 aliphatic rings. The van der Waals surface area contributed by atoms with E-state index >= 15 is 0 Å². The SMILES string of the molecule is CCCCC/C=C\C=C\C(=O)CCCCCCCC(=O)O[C@H](COC(=O)CCCCCCCCCCCCCCC(C)C)COP(=O)(O)OC[C@@H](O)CO. The summed E-state index contributed by atoms with van der Waals surface area (Å²) in [4.78, 5) is 47.0. The molecule has 0 amide bonds. The molecule has 0 bridgehead atoms. The van der Waals surface area contributed by atoms with Crippen molar-refractivity contribution in [1.82, 2.24) is 0 Å². The highest BCUT2D eigenvalue weighted by molar-refractivity contribution is 7.47. The number of hydrogen-bond donors (Lipinski definition) is 3. The molecule has 0 aliphatic heterocycles. The summed E-state index contributed by atoms with van der Waals surface area (Å²) < 4.78 is 32.6. The lowest BCUT2D eigenvalue weighted by Crippen LogP contribution is -2.29. The average molecular weight is 789 g/mol. The maximum absolute atomic E-state index is 12.6. The Morgan fingerprint density at radius 1 is 0.648 bits per heavy atom. The van der Waals surface area contributed by atoms with Gasteiger partial charge in [0, 0.05) is 19.3 Å². The molecule has 0 heterocycles. The number of allylic oxidation sites excluding steroid dienone is 4. The molecule has 0 rings (SSSR count). The summed E-state index contributed by atoms with van der Waals surface area (Å²) >= 11 is 0. The highest BCUT2D eigenvalue weighted by atomic mass is 31.2. The van der Waals surface area contributed by atoms with E-state index in [1.807, 2.05) is 6.08 Å². The van der Waals surface area contributed by atoms with Crippen molar-refractivity contribution in [2.45, 2.75) is 193 Å². The van der Waals surface area contributed by atoms with E-state index in [2.05, 4.69) is 31.4 Å². The number of esters is 2. The van der Waals surface area contributed by atoms with Crippen LogP contribution in [0.2, 0.25) is 0 Å². The van der Waals surface area contributed by atoms with Crippen LogP contribution in [0.4, 0.5) is 0 Å². The Kier molecular flexibility index (Phi) is 35.5. The van der Waals surface area contributed by atoms with E-state index in [-0.39, 0.29) is 25.2 Å². The van der Waals surface area contributed by atoms with Gasteiger partial charge in [0.1, 0.15) is 12.7 Å². The lowest BCUT2D eigenvalue weighted by atomic mass is 10.0. The minimum Gasteiger partial charge on any atom is -0.462 e. The number of ether oxygens (including phenoxy) is 2. The fourth-order valence-corrected chi connectivity index (χ4v) is 6.48. The second kappa shape index (κ2) is 36.7. The summed E-state index contributed by atoms with van der Waals surface area (Å²) in [5.74, 6) is -0.111. The summed E-state index contributed by atoms with van der Waals surface area (Å²) in [6.07, 6.45) is 29.7. The fourth-order valence-electron chi connectivity index (χ4n) is 5.69. The van der Waals surface area contributed by atoms with Crippen molar-refractivity contribution in [3.05, 3.63) is 24.3 Å². The van der Waals surface area contributed by atoms with E-state index < -0.39 is 51.8 Å². The van der Waals surface area contributed by atoms with Crippen LogP contribution in [0.25, 0.3) is 0 Å². The molecule has 0 saturated heterocycles. The average Bonchev–Trinajstić information content (AvgIpc) is 3.14. The quantitative estimate of drug-likeness (QED) is 0.0178. The van der Waals surface area contributed by atoms with Gasteiger partial charge in [-0.1, -0.05) is 148 Å². The number of carbonyl (C=O) groups is 3. The van der Waals surface area contributed by atoms with E-state index in [9.17, 15) is 28.9 Å². The molecule has 0 radical (unpaired) electrons. The zero-order valence-electron chi connectivity index (χ0n) is 34.1. The third-order valence-electron chi connectivity index (χ3n) is 9.01. The number of aliphatic hydroxyl groups is 2. The summed E-state index contributed by atoms with van der Waals surface area (Å²) in [5, 5.41) is 18.3. The first kappa shape index (κ1) is 52.1. The van der Waals surface area contributed by atoms with Gasteiger partial charge in [0.25, 0.3) is 0 Å². The van der Waals surface area contributed by atoms with Crippen molar-refractivity contribution in [3.8, 4) is 0 Å². The molecule has 12 heteroatoms. The number of unbranched alkanes of at least 4 members (excludes halogenated alkanes) is 18. The van der Waals surface area contributed by atoms with Gasteiger partial charge in [-0.3, -0.25) is 23.4 Å². The first-order valence-electron chi connectivity index (χ1n) is 21.1. The van der Waals surface area contributed by atoms with E-state index in [1.165, 1.54) is 70.6 Å². The smallest absolute Gasteiger partial charge is 0.462 e. The molecule has 1 unspecified atom stereocenters. The van der Waals surface area contributed by atoms with Crippen LogP contribution in [0.5, 0.6) is 0 Å². The topological polar surface area (TPSA) is 166 Å². The van der Waals surface area contributed by atoms with Gasteiger partial charge in [-0.15, -0.1) is 0 Å². The molecule has 0 saturated carbocycles. The number of phosphoric ester groups is 1. The van der Waals surface area contributed by atoms with Crippen LogP contribution in [0.15, 0.2) is 24.3 Å². The summed E-state index contributed by atoms with van der Waals surface area (Å²) in [5.41, 5.74) is 0. The largest absolute Gasteiger partial charge is 0.472 e. The van der Waals surface area contributed by atoms with E-state index in [0.29, 0.717) is 19.3 Å². The molecule has 3 atom stereocenters. The minimum atomic E-state index is -4.64. The van der Waals surface area contributed by atoms with Crippen molar-refractivity contribution >= 4 is 25.5 Å². The molecule has 316 valence electrons. The van der Waals surface area contributed by atoms with E-state index in [1.54, 1.807) is 12.2 Å². The Balaban J connectivity index is 4.39. The zero-order chi connectivity index (χ0) is 40.1. The molecule has 0 fully saturated rings. The van der Waals surface area contributed by atoms with E-state index in [0.717, 1.165) is 63.7 Å². The number of carbonyl (C=O) groups excluding carboxylic acids is 3. The summed E-state index contributed by atoms with van der Waals surface area (Å²) in [7, 11) is -4.64. The van der Waals surface area contributed by atoms with Gasteiger partial charge in [0.05, 0.1) is 19.8 Å². The summed E-state index contributed by atoms with van der Waals surface area (Å²) in [6, 6.07) is 0. The van der Waals surface area contributed by atoms with Gasteiger partial charge >= 0.3 is 19.8 Å². The second-order valence-electron chi connectivity index (χ2n) is 14.9. The Morgan fingerprint density at radius 3 is 1.72 bits per heavy atom. The molecule has 0 spiro atoms. The molecule has 3 N–H and O–H groups in total. The van der Waals surface area contributed by atoms with Crippen molar-refractivity contribution < 1.29 is 52.6 Å². The van der Waals surface area contributed by atoms with Crippen molar-refractivity contribution in [2.24, 2.45) is 5.92 Å². The van der Waals surface area contributed by atoms with Crippen LogP contribution < -0.4 is 0 Å². The Morgan fingerprint density at radius 2 is 1.17 bits per heavy atom. The second-order valence-corrected chi connectivity index (χ2v) is 16.3. The predicted molar refractivity (Wildman–Crippen MR) is 215 cm³/mol. The van der Waals surface area contributed by atoms with Gasteiger partial charge in [0.15, 0.2) is 11.9 Å². The zero-order valence-corrected chi connectivity index (χ0v) is 35.0. The standard InChI is InChI=1S/C42H77O11P/c1-4-5-6-7-14-19-24-29-38(44)30-25-20-17-22-27-32-42(47)53-40(36-52-54(48,49)51-34-39(45)33-43)35-50-41(46)31-26-21-16-13-11-9-8-10-12-15-18-23-28-37(2)3/h14,19,24,29,37,39-40,43,45H,4-13,15-18,20-23,25-28,30-36H2,1-3H3,(H,48,49)/b19-14-,29-24+/t39-,40+/m0/s1. The maximum Gasteiger partial charge on any atom is 0.472 e. The number of rotatable bonds is 39. The first-order valence-corrected chi connectivity index (χ1v) is 22.6. The molecular weight excluding hydrogens is 711 g/mol. The molecular formula is C42H77O11P. The van der Waals surface area contributed by atoms with E-state index in [4.69, 9.17) is 19.1 Å². The van der Waals surface area contributed by atoms with Gasteiger partial charge in [-0.05, 0) is 44.1 Å². The van der Waals surface area contributed by atoms with Gasteiger partial charge in [-0.25, -0.2) is 4.57 Å². The van der Waals surface area contributed by atoms with Crippen molar-refractivity contribution in [3.63, 3.8) is 0 Å². The normalized spacial score (nSPS) is 14.1. The molecule has 0 aromatic rings. The Hall–Kier alpha value is -1.88. The fraction of sp³-hybridized carbons (Fsp3) is 0.833. The lowest BCUT2D eigenvalue weighted by molar-refractivity contribution is -0.161. The highest BCUT2D eigenvalue weighted by Crippen LogP contribution is 2.43. The monoisotopic (exact) mass is 789 g/mol. The third kappa shape index (κ3) is 37.1.